The van der Waals surface area contributed by atoms with E-state index in [2.05, 4.69) is 4.98 Å². The molecule has 0 radical (unpaired) electrons. The highest BCUT2D eigenvalue weighted by atomic mass is 16.5. The summed E-state index contributed by atoms with van der Waals surface area (Å²) in [5.74, 6) is -0.692. The number of nitrogens with one attached hydrogen (secondary N) is 1. The molecule has 1 aromatic carbocycles. The number of aromatic carboxylic acids is 1. The van der Waals surface area contributed by atoms with Crippen LogP contribution in [0, 0.1) is 6.92 Å². The van der Waals surface area contributed by atoms with Crippen LogP contribution < -0.4 is 10.2 Å². The Morgan fingerprint density at radius 2 is 2.10 bits per heavy atom. The minimum absolute atomic E-state index is 0.268. The number of aromatic amines is 1. The Morgan fingerprint density at radius 1 is 1.38 bits per heavy atom. The van der Waals surface area contributed by atoms with Crippen LogP contribution in [0.3, 0.4) is 0 Å². The van der Waals surface area contributed by atoms with Gasteiger partial charge in [0.05, 0.1) is 10.9 Å². The molecular weight excluding hydrogens is 272 g/mol. The van der Waals surface area contributed by atoms with Gasteiger partial charge in [0.25, 0.3) is 0 Å². The van der Waals surface area contributed by atoms with E-state index in [1.54, 1.807) is 19.1 Å². The molecule has 0 aliphatic heterocycles. The fraction of sp³-hybridized carbons (Fsp3) is 0.333. The van der Waals surface area contributed by atoms with E-state index in [4.69, 9.17) is 9.84 Å². The van der Waals surface area contributed by atoms with Crippen molar-refractivity contribution in [2.75, 3.05) is 27.2 Å². The molecule has 2 rings (SSSR count). The SMILES string of the molecule is Cc1ccc(OCCN(C)C)c2[nH]cc(C(=O)O)c(=O)c12. The molecule has 0 aliphatic rings. The molecule has 0 spiro atoms. The molecule has 112 valence electrons. The number of hydrogen-bond donors (Lipinski definition) is 2. The molecule has 0 amide bonds. The highest BCUT2D eigenvalue weighted by molar-refractivity contribution is 5.95. The predicted molar refractivity (Wildman–Crippen MR) is 80.3 cm³/mol. The molecule has 0 atom stereocenters. The number of carboxylic acid groups (broad SMARTS) is 1. The Morgan fingerprint density at radius 3 is 2.71 bits per heavy atom. The van der Waals surface area contributed by atoms with Crippen molar-refractivity contribution in [1.82, 2.24) is 9.88 Å². The van der Waals surface area contributed by atoms with Crippen LogP contribution in [0.15, 0.2) is 23.1 Å². The molecule has 0 saturated carbocycles. The van der Waals surface area contributed by atoms with Gasteiger partial charge in [0.15, 0.2) is 0 Å². The van der Waals surface area contributed by atoms with Gasteiger partial charge in [-0.15, -0.1) is 0 Å². The predicted octanol–water partition coefficient (Wildman–Crippen LogP) is 1.48. The Bertz CT molecular complexity index is 734. The van der Waals surface area contributed by atoms with Gasteiger partial charge in [0.2, 0.25) is 5.43 Å². The summed E-state index contributed by atoms with van der Waals surface area (Å²) < 4.78 is 5.68. The van der Waals surface area contributed by atoms with Gasteiger partial charge >= 0.3 is 5.97 Å². The van der Waals surface area contributed by atoms with Gasteiger partial charge in [0, 0.05) is 12.7 Å². The van der Waals surface area contributed by atoms with Crippen molar-refractivity contribution in [3.63, 3.8) is 0 Å². The number of H-pyrrole nitrogens is 1. The summed E-state index contributed by atoms with van der Waals surface area (Å²) >= 11 is 0. The van der Waals surface area contributed by atoms with Crippen molar-refractivity contribution in [2.45, 2.75) is 6.92 Å². The van der Waals surface area contributed by atoms with E-state index in [1.807, 2.05) is 19.0 Å². The van der Waals surface area contributed by atoms with Crippen molar-refractivity contribution in [1.29, 1.82) is 0 Å². The van der Waals surface area contributed by atoms with E-state index >= 15 is 0 Å². The van der Waals surface area contributed by atoms with E-state index in [0.717, 1.165) is 6.54 Å². The van der Waals surface area contributed by atoms with Gasteiger partial charge in [-0.1, -0.05) is 6.07 Å². The summed E-state index contributed by atoms with van der Waals surface area (Å²) in [7, 11) is 3.88. The maximum Gasteiger partial charge on any atom is 0.341 e. The summed E-state index contributed by atoms with van der Waals surface area (Å²) in [6, 6.07) is 3.54. The van der Waals surface area contributed by atoms with Gasteiger partial charge in [-0.25, -0.2) is 4.79 Å². The van der Waals surface area contributed by atoms with Crippen LogP contribution in [0.25, 0.3) is 10.9 Å². The first-order valence-corrected chi connectivity index (χ1v) is 6.57. The molecule has 1 heterocycles. The molecule has 0 aliphatic carbocycles. The molecule has 0 unspecified atom stereocenters. The summed E-state index contributed by atoms with van der Waals surface area (Å²) in [5.41, 5.74) is 0.487. The molecule has 0 saturated heterocycles. The highest BCUT2D eigenvalue weighted by Gasteiger charge is 2.15. The number of pyridine rings is 1. The van der Waals surface area contributed by atoms with Gasteiger partial charge in [-0.05, 0) is 32.6 Å². The van der Waals surface area contributed by atoms with Crippen LogP contribution in [0.2, 0.25) is 0 Å². The van der Waals surface area contributed by atoms with Crippen LogP contribution in [0.4, 0.5) is 0 Å². The first-order chi connectivity index (χ1) is 9.91. The van der Waals surface area contributed by atoms with E-state index in [-0.39, 0.29) is 5.56 Å². The second-order valence-corrected chi connectivity index (χ2v) is 5.12. The van der Waals surface area contributed by atoms with E-state index < -0.39 is 11.4 Å². The third-order valence-corrected chi connectivity index (χ3v) is 3.23. The van der Waals surface area contributed by atoms with Gasteiger partial charge < -0.3 is 19.7 Å². The van der Waals surface area contributed by atoms with Gasteiger partial charge in [-0.3, -0.25) is 4.79 Å². The molecule has 0 fully saturated rings. The molecule has 0 bridgehead atoms. The number of aryl methyl sites for hydroxylation is 1. The van der Waals surface area contributed by atoms with Crippen LogP contribution in [-0.4, -0.2) is 48.2 Å². The molecule has 6 heteroatoms. The lowest BCUT2D eigenvalue weighted by Crippen LogP contribution is -2.20. The average Bonchev–Trinajstić information content (AvgIpc) is 2.40. The summed E-state index contributed by atoms with van der Waals surface area (Å²) in [6.45, 7) is 2.99. The second-order valence-electron chi connectivity index (χ2n) is 5.12. The van der Waals surface area contributed by atoms with E-state index in [1.165, 1.54) is 6.20 Å². The van der Waals surface area contributed by atoms with Crippen LogP contribution in [0.5, 0.6) is 5.75 Å². The Hall–Kier alpha value is -2.34. The normalized spacial score (nSPS) is 11.0. The number of ether oxygens (including phenoxy) is 1. The van der Waals surface area contributed by atoms with Crippen molar-refractivity contribution in [3.8, 4) is 5.75 Å². The number of nitrogens with zero attached hydrogens (tertiary/aromatic N) is 1. The number of carboxylic acids is 1. The van der Waals surface area contributed by atoms with Crippen LogP contribution in [0.1, 0.15) is 15.9 Å². The maximum atomic E-state index is 12.3. The van der Waals surface area contributed by atoms with Crippen molar-refractivity contribution >= 4 is 16.9 Å². The van der Waals surface area contributed by atoms with E-state index in [9.17, 15) is 9.59 Å². The van der Waals surface area contributed by atoms with Crippen molar-refractivity contribution in [3.05, 3.63) is 39.7 Å². The fourth-order valence-corrected chi connectivity index (χ4v) is 2.09. The highest BCUT2D eigenvalue weighted by Crippen LogP contribution is 2.24. The molecular formula is C15H18N2O4. The smallest absolute Gasteiger partial charge is 0.341 e. The lowest BCUT2D eigenvalue weighted by Gasteiger charge is -2.13. The minimum Gasteiger partial charge on any atom is -0.490 e. The quantitative estimate of drug-likeness (QED) is 0.871. The topological polar surface area (TPSA) is 82.6 Å². The molecule has 2 N–H and O–H groups in total. The van der Waals surface area contributed by atoms with E-state index in [0.29, 0.717) is 28.8 Å². The molecule has 1 aromatic heterocycles. The number of hydrogen-bond acceptors (Lipinski definition) is 4. The average molecular weight is 290 g/mol. The lowest BCUT2D eigenvalue weighted by atomic mass is 10.1. The number of aromatic nitrogens is 1. The summed E-state index contributed by atoms with van der Waals surface area (Å²) in [5, 5.41) is 9.39. The maximum absolute atomic E-state index is 12.3. The third kappa shape index (κ3) is 3.05. The summed E-state index contributed by atoms with van der Waals surface area (Å²) in [6.07, 6.45) is 1.21. The number of benzene rings is 1. The number of carbonyl (C=O) groups is 1. The summed E-state index contributed by atoms with van der Waals surface area (Å²) in [4.78, 5) is 28.2. The Labute approximate surface area is 122 Å². The zero-order chi connectivity index (χ0) is 15.6. The number of fused-ring (bicyclic) bond motifs is 1. The molecule has 2 aromatic rings. The fourth-order valence-electron chi connectivity index (χ4n) is 2.09. The van der Waals surface area contributed by atoms with Crippen molar-refractivity contribution in [2.24, 2.45) is 0 Å². The molecule has 21 heavy (non-hydrogen) atoms. The largest absolute Gasteiger partial charge is 0.490 e. The first-order valence-electron chi connectivity index (χ1n) is 6.57. The van der Waals surface area contributed by atoms with Crippen molar-refractivity contribution < 1.29 is 14.6 Å². The van der Waals surface area contributed by atoms with Crippen LogP contribution >= 0.6 is 0 Å². The first kappa shape index (κ1) is 15.1. The van der Waals surface area contributed by atoms with Crippen LogP contribution in [-0.2, 0) is 0 Å². The third-order valence-electron chi connectivity index (χ3n) is 3.23. The Kier molecular flexibility index (Phi) is 4.28. The lowest BCUT2D eigenvalue weighted by molar-refractivity contribution is 0.0695. The number of rotatable bonds is 5. The number of likely N-dealkylation sites (N-methyl/N-ethyl adjacent to an activating group) is 1. The molecule has 6 nitrogen and oxygen atoms in total. The minimum atomic E-state index is -1.24. The standard InChI is InChI=1S/C15H18N2O4/c1-9-4-5-11(21-7-6-17(2)3)13-12(9)14(18)10(8-16-13)15(19)20/h4-5,8H,6-7H2,1-3H3,(H,16,18)(H,19,20). The second kappa shape index (κ2) is 5.97. The monoisotopic (exact) mass is 290 g/mol. The van der Waals surface area contributed by atoms with Gasteiger partial charge in [-0.2, -0.15) is 0 Å². The van der Waals surface area contributed by atoms with Gasteiger partial charge in [0.1, 0.15) is 17.9 Å². The Balaban J connectivity index is 2.51. The zero-order valence-corrected chi connectivity index (χ0v) is 12.3. The zero-order valence-electron chi connectivity index (χ0n) is 12.3.